The Labute approximate surface area is 164 Å². The van der Waals surface area contributed by atoms with Gasteiger partial charge >= 0.3 is 11.9 Å². The fourth-order valence-corrected chi connectivity index (χ4v) is 4.26. The van der Waals surface area contributed by atoms with E-state index in [0.717, 1.165) is 11.1 Å². The third kappa shape index (κ3) is 4.76. The van der Waals surface area contributed by atoms with Crippen molar-refractivity contribution in [1.29, 1.82) is 0 Å². The summed E-state index contributed by atoms with van der Waals surface area (Å²) < 4.78 is 37.0. The highest BCUT2D eigenvalue weighted by Gasteiger charge is 2.26. The first-order chi connectivity index (χ1) is 13.2. The summed E-state index contributed by atoms with van der Waals surface area (Å²) in [4.78, 5) is 23.7. The second-order valence-corrected chi connectivity index (χ2v) is 8.09. The molecule has 0 saturated carbocycles. The Morgan fingerprint density at radius 1 is 0.964 bits per heavy atom. The van der Waals surface area contributed by atoms with Crippen molar-refractivity contribution in [1.82, 2.24) is 4.31 Å². The van der Waals surface area contributed by atoms with Crippen LogP contribution < -0.4 is 0 Å². The van der Waals surface area contributed by atoms with Gasteiger partial charge in [-0.05, 0) is 30.7 Å². The van der Waals surface area contributed by atoms with E-state index in [1.165, 1.54) is 36.7 Å². The zero-order valence-electron chi connectivity index (χ0n) is 16.3. The summed E-state index contributed by atoms with van der Waals surface area (Å²) in [6.07, 6.45) is 0. The summed E-state index contributed by atoms with van der Waals surface area (Å²) in [6, 6.07) is 11.2. The molecular weight excluding hydrogens is 382 g/mol. The molecule has 0 amide bonds. The van der Waals surface area contributed by atoms with Crippen LogP contribution in [0.3, 0.4) is 0 Å². The topological polar surface area (TPSA) is 90.0 Å². The molecule has 0 aromatic heterocycles. The quantitative estimate of drug-likeness (QED) is 0.658. The maximum atomic E-state index is 13.2. The monoisotopic (exact) mass is 405 g/mol. The molecule has 0 radical (unpaired) electrons. The molecule has 2 aromatic carbocycles. The number of ether oxygens (including phenoxy) is 2. The van der Waals surface area contributed by atoms with E-state index in [2.05, 4.69) is 9.47 Å². The summed E-state index contributed by atoms with van der Waals surface area (Å²) >= 11 is 0. The Balaban J connectivity index is 2.52. The van der Waals surface area contributed by atoms with Gasteiger partial charge in [-0.1, -0.05) is 36.8 Å². The zero-order chi connectivity index (χ0) is 20.9. The Kier molecular flexibility index (Phi) is 6.93. The molecule has 0 N–H and O–H groups in total. The first-order valence-corrected chi connectivity index (χ1v) is 10.0. The van der Waals surface area contributed by atoms with Crippen LogP contribution in [0.4, 0.5) is 0 Å². The highest BCUT2D eigenvalue weighted by Crippen LogP contribution is 2.22. The molecule has 8 heteroatoms. The van der Waals surface area contributed by atoms with Crippen molar-refractivity contribution in [3.8, 4) is 0 Å². The maximum absolute atomic E-state index is 13.2. The minimum absolute atomic E-state index is 0.0458. The van der Waals surface area contributed by atoms with Crippen LogP contribution in [0.1, 0.15) is 38.8 Å². The fraction of sp³-hybridized carbons (Fsp3) is 0.300. The number of nitrogens with zero attached hydrogens (tertiary/aromatic N) is 1. The minimum Gasteiger partial charge on any atom is -0.465 e. The van der Waals surface area contributed by atoms with Gasteiger partial charge in [-0.15, -0.1) is 0 Å². The maximum Gasteiger partial charge on any atom is 0.337 e. The van der Waals surface area contributed by atoms with Gasteiger partial charge in [0.2, 0.25) is 10.0 Å². The fourth-order valence-electron chi connectivity index (χ4n) is 2.75. The molecule has 0 heterocycles. The lowest BCUT2D eigenvalue weighted by Crippen LogP contribution is -2.31. The van der Waals surface area contributed by atoms with E-state index in [4.69, 9.17) is 0 Å². The third-order valence-corrected chi connectivity index (χ3v) is 6.08. The van der Waals surface area contributed by atoms with E-state index in [9.17, 15) is 18.0 Å². The number of esters is 2. The van der Waals surface area contributed by atoms with E-state index in [-0.39, 0.29) is 29.1 Å². The van der Waals surface area contributed by atoms with Gasteiger partial charge < -0.3 is 9.47 Å². The number of carbonyl (C=O) groups is 2. The Hall–Kier alpha value is -2.71. The van der Waals surface area contributed by atoms with E-state index >= 15 is 0 Å². The molecule has 150 valence electrons. The molecule has 0 aliphatic rings. The van der Waals surface area contributed by atoms with E-state index in [0.29, 0.717) is 0 Å². The van der Waals surface area contributed by atoms with Crippen LogP contribution >= 0.6 is 0 Å². The van der Waals surface area contributed by atoms with Crippen molar-refractivity contribution >= 4 is 22.0 Å². The molecule has 0 saturated heterocycles. The molecule has 0 aliphatic carbocycles. The molecule has 0 bridgehead atoms. The van der Waals surface area contributed by atoms with Crippen molar-refractivity contribution in [3.05, 3.63) is 64.7 Å². The second kappa shape index (κ2) is 8.99. The molecule has 7 nitrogen and oxygen atoms in total. The summed E-state index contributed by atoms with van der Waals surface area (Å²) in [5, 5.41) is 0. The predicted molar refractivity (Wildman–Crippen MR) is 104 cm³/mol. The molecule has 0 unspecified atom stereocenters. The molecule has 0 aliphatic heterocycles. The Bertz CT molecular complexity index is 950. The number of benzene rings is 2. The van der Waals surface area contributed by atoms with Gasteiger partial charge in [-0.3, -0.25) is 0 Å². The number of rotatable bonds is 7. The van der Waals surface area contributed by atoms with Gasteiger partial charge in [0.25, 0.3) is 0 Å². The zero-order valence-corrected chi connectivity index (χ0v) is 17.1. The predicted octanol–water partition coefficient (Wildman–Crippen LogP) is 2.78. The van der Waals surface area contributed by atoms with E-state index in [1.807, 2.05) is 31.2 Å². The Morgan fingerprint density at radius 2 is 1.54 bits per heavy atom. The van der Waals surface area contributed by atoms with Crippen LogP contribution in [0.5, 0.6) is 0 Å². The summed E-state index contributed by atoms with van der Waals surface area (Å²) in [5.74, 6) is -1.49. The lowest BCUT2D eigenvalue weighted by molar-refractivity contribution is 0.0598. The number of hydrogen-bond donors (Lipinski definition) is 0. The van der Waals surface area contributed by atoms with Crippen LogP contribution in [0.15, 0.2) is 47.4 Å². The molecule has 0 fully saturated rings. The van der Waals surface area contributed by atoms with Gasteiger partial charge in [0.1, 0.15) is 0 Å². The van der Waals surface area contributed by atoms with Crippen molar-refractivity contribution < 1.29 is 27.5 Å². The highest BCUT2D eigenvalue weighted by molar-refractivity contribution is 7.89. The van der Waals surface area contributed by atoms with E-state index < -0.39 is 22.0 Å². The average molecular weight is 405 g/mol. The minimum atomic E-state index is -3.97. The standard InChI is InChI=1S/C20H23NO6S/c1-5-21(13-15-8-6-7-14(2)9-15)28(24,25)18-11-16(19(22)26-3)10-17(12-18)20(23)27-4/h6-12H,5,13H2,1-4H3. The molecule has 28 heavy (non-hydrogen) atoms. The van der Waals surface area contributed by atoms with Crippen LogP contribution in [0.25, 0.3) is 0 Å². The van der Waals surface area contributed by atoms with Crippen molar-refractivity contribution in [3.63, 3.8) is 0 Å². The number of aryl methyl sites for hydroxylation is 1. The molecule has 2 aromatic rings. The van der Waals surface area contributed by atoms with Crippen LogP contribution in [-0.2, 0) is 26.0 Å². The third-order valence-electron chi connectivity index (χ3n) is 4.18. The van der Waals surface area contributed by atoms with Crippen molar-refractivity contribution in [2.75, 3.05) is 20.8 Å². The molecular formula is C20H23NO6S. The van der Waals surface area contributed by atoms with Gasteiger partial charge in [-0.25, -0.2) is 18.0 Å². The summed E-state index contributed by atoms with van der Waals surface area (Å²) in [5.41, 5.74) is 1.76. The first kappa shape index (κ1) is 21.6. The summed E-state index contributed by atoms with van der Waals surface area (Å²) in [6.45, 7) is 4.03. The largest absolute Gasteiger partial charge is 0.465 e. The van der Waals surface area contributed by atoms with Gasteiger partial charge in [0.15, 0.2) is 0 Å². The normalized spacial score (nSPS) is 11.3. The van der Waals surface area contributed by atoms with Gasteiger partial charge in [-0.2, -0.15) is 4.31 Å². The number of methoxy groups -OCH3 is 2. The number of carbonyl (C=O) groups excluding carboxylic acids is 2. The SMILES string of the molecule is CCN(Cc1cccc(C)c1)S(=O)(=O)c1cc(C(=O)OC)cc(C(=O)OC)c1. The second-order valence-electron chi connectivity index (χ2n) is 6.15. The molecule has 2 rings (SSSR count). The van der Waals surface area contributed by atoms with Crippen molar-refractivity contribution in [2.24, 2.45) is 0 Å². The highest BCUT2D eigenvalue weighted by atomic mass is 32.2. The average Bonchev–Trinajstić information content (AvgIpc) is 2.70. The lowest BCUT2D eigenvalue weighted by atomic mass is 10.1. The molecule has 0 atom stereocenters. The van der Waals surface area contributed by atoms with Gasteiger partial charge in [0, 0.05) is 13.1 Å². The Morgan fingerprint density at radius 3 is 2.00 bits per heavy atom. The van der Waals surface area contributed by atoms with Crippen molar-refractivity contribution in [2.45, 2.75) is 25.3 Å². The van der Waals surface area contributed by atoms with Gasteiger partial charge in [0.05, 0.1) is 30.2 Å². The lowest BCUT2D eigenvalue weighted by Gasteiger charge is -2.21. The first-order valence-electron chi connectivity index (χ1n) is 8.60. The number of hydrogen-bond acceptors (Lipinski definition) is 6. The van der Waals surface area contributed by atoms with Crippen LogP contribution in [-0.4, -0.2) is 45.4 Å². The van der Waals surface area contributed by atoms with Crippen LogP contribution in [0.2, 0.25) is 0 Å². The molecule has 0 spiro atoms. The summed E-state index contributed by atoms with van der Waals surface area (Å²) in [7, 11) is -1.62. The number of sulfonamides is 1. The van der Waals surface area contributed by atoms with Crippen LogP contribution in [0, 0.1) is 6.92 Å². The smallest absolute Gasteiger partial charge is 0.337 e. The van der Waals surface area contributed by atoms with E-state index in [1.54, 1.807) is 6.92 Å².